The van der Waals surface area contributed by atoms with Gasteiger partial charge in [0.1, 0.15) is 4.90 Å². The van der Waals surface area contributed by atoms with Crippen LogP contribution in [0.4, 0.5) is 11.9 Å². The Hall–Kier alpha value is -2.50. The zero-order chi connectivity index (χ0) is 18.8. The lowest BCUT2D eigenvalue weighted by Gasteiger charge is -2.13. The number of sulfonamides is 1. The fourth-order valence-electron chi connectivity index (χ4n) is 1.76. The van der Waals surface area contributed by atoms with E-state index < -0.39 is 16.0 Å². The Kier molecular flexibility index (Phi) is 5.40. The smallest absolute Gasteiger partial charge is 0.338 e. The molecule has 10 nitrogen and oxygen atoms in total. The quantitative estimate of drug-likeness (QED) is 0.690. The van der Waals surface area contributed by atoms with Gasteiger partial charge >= 0.3 is 5.97 Å². The van der Waals surface area contributed by atoms with Crippen LogP contribution in [0.3, 0.4) is 0 Å². The molecule has 0 bridgehead atoms. The minimum absolute atomic E-state index is 0.000162. The summed E-state index contributed by atoms with van der Waals surface area (Å²) in [4.78, 5) is 23.1. The van der Waals surface area contributed by atoms with Gasteiger partial charge in [-0.2, -0.15) is 15.0 Å². The number of benzene rings is 1. The van der Waals surface area contributed by atoms with Gasteiger partial charge in [0, 0.05) is 14.1 Å². The first-order valence-corrected chi connectivity index (χ1v) is 8.58. The Labute approximate surface area is 148 Å². The van der Waals surface area contributed by atoms with Gasteiger partial charge in [0.25, 0.3) is 0 Å². The van der Waals surface area contributed by atoms with E-state index in [2.05, 4.69) is 15.0 Å². The summed E-state index contributed by atoms with van der Waals surface area (Å²) in [5.41, 5.74) is 10.8. The number of rotatable bonds is 5. The number of halogens is 1. The normalized spacial score (nSPS) is 11.5. The molecule has 25 heavy (non-hydrogen) atoms. The average molecular weight is 387 g/mol. The van der Waals surface area contributed by atoms with Crippen molar-refractivity contribution in [2.45, 2.75) is 11.5 Å². The van der Waals surface area contributed by atoms with E-state index in [1.165, 1.54) is 26.2 Å². The van der Waals surface area contributed by atoms with E-state index in [0.29, 0.717) is 0 Å². The number of ether oxygens (including phenoxy) is 1. The van der Waals surface area contributed by atoms with Crippen LogP contribution in [0.2, 0.25) is 5.02 Å². The molecule has 0 aliphatic heterocycles. The van der Waals surface area contributed by atoms with E-state index in [1.54, 1.807) is 0 Å². The molecule has 0 atom stereocenters. The first kappa shape index (κ1) is 18.8. The van der Waals surface area contributed by atoms with Crippen LogP contribution in [0, 0.1) is 0 Å². The third-order valence-electron chi connectivity index (χ3n) is 2.97. The first-order chi connectivity index (χ1) is 11.6. The minimum atomic E-state index is -3.81. The number of esters is 1. The van der Waals surface area contributed by atoms with Crippen molar-refractivity contribution in [1.29, 1.82) is 0 Å². The van der Waals surface area contributed by atoms with Crippen LogP contribution < -0.4 is 11.5 Å². The molecular weight excluding hydrogens is 372 g/mol. The maximum absolute atomic E-state index is 12.2. The van der Waals surface area contributed by atoms with E-state index in [1.807, 2.05) is 0 Å². The number of carbonyl (C=O) groups excluding carboxylic acids is 1. The van der Waals surface area contributed by atoms with Crippen molar-refractivity contribution in [1.82, 2.24) is 19.3 Å². The highest BCUT2D eigenvalue weighted by molar-refractivity contribution is 7.89. The molecule has 134 valence electrons. The van der Waals surface area contributed by atoms with Crippen LogP contribution in [0.5, 0.6) is 0 Å². The molecule has 0 saturated heterocycles. The van der Waals surface area contributed by atoms with Crippen molar-refractivity contribution in [3.05, 3.63) is 34.6 Å². The van der Waals surface area contributed by atoms with Gasteiger partial charge < -0.3 is 16.2 Å². The third kappa shape index (κ3) is 4.32. The molecule has 0 spiro atoms. The highest BCUT2D eigenvalue weighted by atomic mass is 35.5. The minimum Gasteiger partial charge on any atom is -0.454 e. The van der Waals surface area contributed by atoms with E-state index >= 15 is 0 Å². The summed E-state index contributed by atoms with van der Waals surface area (Å²) in [6, 6.07) is 3.78. The summed E-state index contributed by atoms with van der Waals surface area (Å²) in [6.45, 7) is -0.311. The highest BCUT2D eigenvalue weighted by Gasteiger charge is 2.23. The maximum Gasteiger partial charge on any atom is 0.338 e. The van der Waals surface area contributed by atoms with Gasteiger partial charge in [-0.3, -0.25) is 0 Å². The van der Waals surface area contributed by atoms with E-state index in [-0.39, 0.29) is 39.8 Å². The molecule has 0 amide bonds. The van der Waals surface area contributed by atoms with Crippen LogP contribution in [0.15, 0.2) is 23.1 Å². The first-order valence-electron chi connectivity index (χ1n) is 6.76. The lowest BCUT2D eigenvalue weighted by Crippen LogP contribution is -2.23. The Morgan fingerprint density at radius 2 is 1.80 bits per heavy atom. The monoisotopic (exact) mass is 386 g/mol. The zero-order valence-corrected chi connectivity index (χ0v) is 14.9. The summed E-state index contributed by atoms with van der Waals surface area (Å²) in [6.07, 6.45) is 0. The zero-order valence-electron chi connectivity index (χ0n) is 13.3. The molecule has 0 fully saturated rings. The number of aromatic nitrogens is 3. The molecule has 0 aliphatic carbocycles. The number of anilines is 2. The van der Waals surface area contributed by atoms with Gasteiger partial charge in [-0.15, -0.1) is 0 Å². The summed E-state index contributed by atoms with van der Waals surface area (Å²) < 4.78 is 30.5. The standard InChI is InChI=1S/C13H15ClN6O4S/c1-20(2)25(22,23)9-5-7(3-4-8(9)14)11(21)24-6-10-17-12(15)19-13(16)18-10/h3-5H,6H2,1-2H3,(H4,15,16,17,18,19). The number of carbonyl (C=O) groups is 1. The lowest BCUT2D eigenvalue weighted by molar-refractivity contribution is 0.0462. The largest absolute Gasteiger partial charge is 0.454 e. The summed E-state index contributed by atoms with van der Waals surface area (Å²) >= 11 is 5.92. The van der Waals surface area contributed by atoms with Crippen molar-refractivity contribution < 1.29 is 17.9 Å². The van der Waals surface area contributed by atoms with Crippen molar-refractivity contribution in [3.63, 3.8) is 0 Å². The second kappa shape index (κ2) is 7.17. The molecule has 0 radical (unpaired) electrons. The second-order valence-corrected chi connectivity index (χ2v) is 7.50. The van der Waals surface area contributed by atoms with Crippen LogP contribution in [-0.4, -0.2) is 47.7 Å². The number of hydrogen-bond donors (Lipinski definition) is 2. The topological polar surface area (TPSA) is 154 Å². The predicted molar refractivity (Wildman–Crippen MR) is 90.1 cm³/mol. The van der Waals surface area contributed by atoms with Crippen LogP contribution in [0.1, 0.15) is 16.2 Å². The molecule has 1 aromatic carbocycles. The van der Waals surface area contributed by atoms with Gasteiger partial charge in [0.2, 0.25) is 21.9 Å². The van der Waals surface area contributed by atoms with Crippen LogP contribution in [-0.2, 0) is 21.4 Å². The van der Waals surface area contributed by atoms with Crippen molar-refractivity contribution in [2.75, 3.05) is 25.6 Å². The van der Waals surface area contributed by atoms with E-state index in [9.17, 15) is 13.2 Å². The number of nitrogens with zero attached hydrogens (tertiary/aromatic N) is 4. The number of nitrogens with two attached hydrogens (primary N) is 2. The predicted octanol–water partition coefficient (Wildman–Crippen LogP) is 0.297. The Bertz CT molecular complexity index is 898. The Morgan fingerprint density at radius 3 is 2.36 bits per heavy atom. The van der Waals surface area contributed by atoms with Gasteiger partial charge in [-0.1, -0.05) is 11.6 Å². The third-order valence-corrected chi connectivity index (χ3v) is 5.27. The van der Waals surface area contributed by atoms with Crippen molar-refractivity contribution >= 4 is 39.5 Å². The fourth-order valence-corrected chi connectivity index (χ4v) is 3.15. The van der Waals surface area contributed by atoms with E-state index in [4.69, 9.17) is 27.8 Å². The molecule has 1 aromatic heterocycles. The lowest BCUT2D eigenvalue weighted by atomic mass is 10.2. The molecule has 0 aliphatic rings. The van der Waals surface area contributed by atoms with Gasteiger partial charge in [0.05, 0.1) is 10.6 Å². The van der Waals surface area contributed by atoms with Crippen LogP contribution in [0.25, 0.3) is 0 Å². The van der Waals surface area contributed by atoms with Crippen molar-refractivity contribution in [2.24, 2.45) is 0 Å². The summed E-state index contributed by atoms with van der Waals surface area (Å²) in [5, 5.41) is -0.0109. The summed E-state index contributed by atoms with van der Waals surface area (Å²) in [7, 11) is -1.11. The van der Waals surface area contributed by atoms with Crippen LogP contribution >= 0.6 is 11.6 Å². The highest BCUT2D eigenvalue weighted by Crippen LogP contribution is 2.25. The number of nitrogen functional groups attached to an aromatic ring is 2. The average Bonchev–Trinajstić information content (AvgIpc) is 2.51. The maximum atomic E-state index is 12.2. The van der Waals surface area contributed by atoms with Gasteiger partial charge in [0.15, 0.2) is 12.4 Å². The molecule has 1 heterocycles. The fraction of sp³-hybridized carbons (Fsp3) is 0.231. The molecule has 2 aromatic rings. The SMILES string of the molecule is CN(C)S(=O)(=O)c1cc(C(=O)OCc2nc(N)nc(N)n2)ccc1Cl. The molecular formula is C13H15ClN6O4S. The van der Waals surface area contributed by atoms with Gasteiger partial charge in [-0.25, -0.2) is 17.5 Å². The van der Waals surface area contributed by atoms with Gasteiger partial charge in [-0.05, 0) is 18.2 Å². The molecule has 4 N–H and O–H groups in total. The summed E-state index contributed by atoms with van der Waals surface area (Å²) in [5.74, 6) is -0.938. The molecule has 0 saturated carbocycles. The second-order valence-electron chi connectivity index (χ2n) is 4.98. The Morgan fingerprint density at radius 1 is 1.20 bits per heavy atom. The van der Waals surface area contributed by atoms with Crippen molar-refractivity contribution in [3.8, 4) is 0 Å². The number of hydrogen-bond acceptors (Lipinski definition) is 9. The molecule has 2 rings (SSSR count). The van der Waals surface area contributed by atoms with E-state index in [0.717, 1.165) is 10.4 Å². The molecule has 12 heteroatoms. The Balaban J connectivity index is 2.23. The molecule has 0 unspecified atom stereocenters.